The number of nitrogens with one attached hydrogen (secondary N) is 1. The number of hydrogen-bond acceptors (Lipinski definition) is 10. The van der Waals surface area contributed by atoms with E-state index in [-0.39, 0.29) is 6.10 Å². The zero-order chi connectivity index (χ0) is 24.2. The molecule has 0 amide bonds. The third kappa shape index (κ3) is 5.32. The standard InChI is InChI=1S/C25H33N7O3/c1-31(2)25-28-16-22(33-3)24(30-25)29-17-4-6-19(7-5-17)35-21-15-18(32-10-12-34-13-11-32)14-20-23(21)27-9-8-26-20/h8-9,14-17,19H,4-7,10-13H2,1-3H3,(H,28,29,30). The summed E-state index contributed by atoms with van der Waals surface area (Å²) in [6.45, 7) is 3.20. The highest BCUT2D eigenvalue weighted by Crippen LogP contribution is 2.34. The lowest BCUT2D eigenvalue weighted by molar-refractivity contribution is 0.122. The van der Waals surface area contributed by atoms with Gasteiger partial charge in [-0.1, -0.05) is 0 Å². The summed E-state index contributed by atoms with van der Waals surface area (Å²) >= 11 is 0. The highest BCUT2D eigenvalue weighted by molar-refractivity contribution is 5.85. The van der Waals surface area contributed by atoms with Crippen LogP contribution in [-0.2, 0) is 4.74 Å². The molecule has 0 radical (unpaired) electrons. The molecule has 35 heavy (non-hydrogen) atoms. The molecular formula is C25H33N7O3. The third-order valence-corrected chi connectivity index (χ3v) is 6.57. The molecule has 1 aromatic carbocycles. The lowest BCUT2D eigenvalue weighted by Gasteiger charge is -2.32. The fourth-order valence-electron chi connectivity index (χ4n) is 4.65. The topological polar surface area (TPSA) is 97.8 Å². The van der Waals surface area contributed by atoms with Crippen LogP contribution in [0.2, 0.25) is 0 Å². The summed E-state index contributed by atoms with van der Waals surface area (Å²) in [7, 11) is 5.49. The number of methoxy groups -OCH3 is 1. The van der Waals surface area contributed by atoms with Crippen molar-refractivity contribution in [2.24, 2.45) is 0 Å². The van der Waals surface area contributed by atoms with E-state index >= 15 is 0 Å². The quantitative estimate of drug-likeness (QED) is 0.544. The Morgan fingerprint density at radius 3 is 2.51 bits per heavy atom. The molecule has 10 heteroatoms. The Morgan fingerprint density at radius 1 is 1.00 bits per heavy atom. The summed E-state index contributed by atoms with van der Waals surface area (Å²) in [5.74, 6) is 2.84. The molecule has 1 aliphatic heterocycles. The van der Waals surface area contributed by atoms with E-state index in [1.165, 1.54) is 0 Å². The average molecular weight is 480 g/mol. The molecule has 1 N–H and O–H groups in total. The molecule has 3 heterocycles. The fraction of sp³-hybridized carbons (Fsp3) is 0.520. The van der Waals surface area contributed by atoms with Crippen LogP contribution in [0.25, 0.3) is 11.0 Å². The molecule has 5 rings (SSSR count). The lowest BCUT2D eigenvalue weighted by Crippen LogP contribution is -2.36. The van der Waals surface area contributed by atoms with E-state index < -0.39 is 0 Å². The van der Waals surface area contributed by atoms with E-state index in [1.807, 2.05) is 19.0 Å². The van der Waals surface area contributed by atoms with Gasteiger partial charge in [0.25, 0.3) is 0 Å². The summed E-state index contributed by atoms with van der Waals surface area (Å²) in [5, 5.41) is 3.56. The molecule has 3 aromatic rings. The normalized spacial score (nSPS) is 20.5. The molecule has 0 atom stereocenters. The van der Waals surface area contributed by atoms with Crippen molar-refractivity contribution >= 4 is 28.5 Å². The van der Waals surface area contributed by atoms with Gasteiger partial charge in [0.05, 0.1) is 38.1 Å². The predicted molar refractivity (Wildman–Crippen MR) is 136 cm³/mol. The van der Waals surface area contributed by atoms with Crippen molar-refractivity contribution in [3.8, 4) is 11.5 Å². The molecule has 2 aliphatic rings. The first kappa shape index (κ1) is 23.3. The van der Waals surface area contributed by atoms with Gasteiger partial charge < -0.3 is 29.3 Å². The SMILES string of the molecule is COc1cnc(N(C)C)nc1NC1CCC(Oc2cc(N3CCOCC3)cc3nccnc23)CC1. The van der Waals surface area contributed by atoms with Crippen molar-refractivity contribution in [3.05, 3.63) is 30.7 Å². The highest BCUT2D eigenvalue weighted by Gasteiger charge is 2.25. The van der Waals surface area contributed by atoms with Gasteiger partial charge in [-0.25, -0.2) is 9.97 Å². The Bertz CT molecular complexity index is 1150. The molecule has 186 valence electrons. The second kappa shape index (κ2) is 10.5. The first-order chi connectivity index (χ1) is 17.1. The van der Waals surface area contributed by atoms with Crippen molar-refractivity contribution in [3.63, 3.8) is 0 Å². The fourth-order valence-corrected chi connectivity index (χ4v) is 4.65. The van der Waals surface area contributed by atoms with Crippen LogP contribution in [0.5, 0.6) is 11.5 Å². The number of morpholine rings is 1. The molecule has 0 bridgehead atoms. The largest absolute Gasteiger partial charge is 0.491 e. The maximum absolute atomic E-state index is 6.55. The molecule has 1 saturated carbocycles. The van der Waals surface area contributed by atoms with Crippen LogP contribution in [0.3, 0.4) is 0 Å². The van der Waals surface area contributed by atoms with Crippen LogP contribution in [0.1, 0.15) is 25.7 Å². The van der Waals surface area contributed by atoms with Crippen molar-refractivity contribution < 1.29 is 14.2 Å². The van der Waals surface area contributed by atoms with Crippen molar-refractivity contribution in [2.45, 2.75) is 37.8 Å². The van der Waals surface area contributed by atoms with Crippen LogP contribution in [0.15, 0.2) is 30.7 Å². The number of hydrogen-bond donors (Lipinski definition) is 1. The maximum Gasteiger partial charge on any atom is 0.226 e. The van der Waals surface area contributed by atoms with E-state index in [2.05, 4.69) is 42.3 Å². The van der Waals surface area contributed by atoms with E-state index in [0.717, 1.165) is 80.3 Å². The van der Waals surface area contributed by atoms with Gasteiger partial charge in [0.15, 0.2) is 11.6 Å². The second-order valence-corrected chi connectivity index (χ2v) is 9.18. The minimum atomic E-state index is 0.128. The average Bonchev–Trinajstić information content (AvgIpc) is 2.90. The van der Waals surface area contributed by atoms with Crippen molar-refractivity contribution in [1.82, 2.24) is 19.9 Å². The Kier molecular flexibility index (Phi) is 6.98. The minimum absolute atomic E-state index is 0.128. The number of aromatic nitrogens is 4. The van der Waals surface area contributed by atoms with Crippen molar-refractivity contribution in [2.75, 3.05) is 62.6 Å². The Labute approximate surface area is 205 Å². The number of benzene rings is 1. The molecule has 1 saturated heterocycles. The maximum atomic E-state index is 6.55. The smallest absolute Gasteiger partial charge is 0.226 e. The van der Waals surface area contributed by atoms with Gasteiger partial charge in [-0.2, -0.15) is 4.98 Å². The molecular weight excluding hydrogens is 446 g/mol. The van der Waals surface area contributed by atoms with Gasteiger partial charge in [-0.05, 0) is 31.7 Å². The Balaban J connectivity index is 1.27. The van der Waals surface area contributed by atoms with Gasteiger partial charge in [0.2, 0.25) is 5.95 Å². The van der Waals surface area contributed by atoms with Gasteiger partial charge in [-0.15, -0.1) is 0 Å². The monoisotopic (exact) mass is 479 g/mol. The first-order valence-corrected chi connectivity index (χ1v) is 12.2. The third-order valence-electron chi connectivity index (χ3n) is 6.57. The zero-order valence-electron chi connectivity index (χ0n) is 20.6. The van der Waals surface area contributed by atoms with Gasteiger partial charge in [0.1, 0.15) is 11.3 Å². The molecule has 0 unspecified atom stereocenters. The molecule has 0 spiro atoms. The van der Waals surface area contributed by atoms with Crippen LogP contribution in [-0.4, -0.2) is 79.6 Å². The van der Waals surface area contributed by atoms with Gasteiger partial charge >= 0.3 is 0 Å². The number of anilines is 3. The van der Waals surface area contributed by atoms with Gasteiger partial charge in [-0.3, -0.25) is 4.98 Å². The van der Waals surface area contributed by atoms with Crippen LogP contribution < -0.4 is 24.6 Å². The van der Waals surface area contributed by atoms with Crippen LogP contribution >= 0.6 is 0 Å². The molecule has 10 nitrogen and oxygen atoms in total. The van der Waals surface area contributed by atoms with E-state index in [0.29, 0.717) is 17.7 Å². The molecule has 1 aliphatic carbocycles. The summed E-state index contributed by atoms with van der Waals surface area (Å²) in [6.07, 6.45) is 9.13. The number of fused-ring (bicyclic) bond motifs is 1. The molecule has 2 fully saturated rings. The predicted octanol–water partition coefficient (Wildman–Crippen LogP) is 3.13. The van der Waals surface area contributed by atoms with Gasteiger partial charge in [0, 0.05) is 57.4 Å². The van der Waals surface area contributed by atoms with E-state index in [4.69, 9.17) is 14.2 Å². The lowest BCUT2D eigenvalue weighted by atomic mass is 9.93. The van der Waals surface area contributed by atoms with E-state index in [1.54, 1.807) is 25.7 Å². The van der Waals surface area contributed by atoms with Crippen molar-refractivity contribution in [1.29, 1.82) is 0 Å². The zero-order valence-corrected chi connectivity index (χ0v) is 20.6. The van der Waals surface area contributed by atoms with Crippen LogP contribution in [0, 0.1) is 0 Å². The second-order valence-electron chi connectivity index (χ2n) is 9.18. The number of rotatable bonds is 7. The first-order valence-electron chi connectivity index (χ1n) is 12.2. The van der Waals surface area contributed by atoms with Crippen LogP contribution in [0.4, 0.5) is 17.5 Å². The summed E-state index contributed by atoms with van der Waals surface area (Å²) < 4.78 is 17.5. The summed E-state index contributed by atoms with van der Waals surface area (Å²) in [6, 6.07) is 4.50. The minimum Gasteiger partial charge on any atom is -0.491 e. The summed E-state index contributed by atoms with van der Waals surface area (Å²) in [4.78, 5) is 22.3. The highest BCUT2D eigenvalue weighted by atomic mass is 16.5. The number of nitrogens with zero attached hydrogens (tertiary/aromatic N) is 6. The van der Waals surface area contributed by atoms with E-state index in [9.17, 15) is 0 Å². The summed E-state index contributed by atoms with van der Waals surface area (Å²) in [5.41, 5.74) is 2.78. The number of ether oxygens (including phenoxy) is 3. The molecule has 2 aromatic heterocycles. The Morgan fingerprint density at radius 2 is 1.77 bits per heavy atom. The Hall–Kier alpha value is -3.40.